The maximum Gasteiger partial charge on any atom is 0.238 e. The number of carbonyl (C=O) groups excluding carboxylic acids is 1. The SMILES string of the molecule is CC1=CC(Nc2ncc(C)c(-c3c[nH]c4c(NC(=O)CN5CCC(Oc6ccncc6)C5)cccc34)n2)NN1C. The molecule has 40 heavy (non-hydrogen) atoms. The van der Waals surface area contributed by atoms with E-state index in [-0.39, 0.29) is 18.2 Å². The van der Waals surface area contributed by atoms with E-state index < -0.39 is 0 Å². The first-order valence-corrected chi connectivity index (χ1v) is 13.4. The molecule has 206 valence electrons. The van der Waals surface area contributed by atoms with Crippen molar-refractivity contribution in [1.82, 2.24) is 35.3 Å². The van der Waals surface area contributed by atoms with Gasteiger partial charge in [-0.3, -0.25) is 14.7 Å². The molecule has 3 aromatic heterocycles. The summed E-state index contributed by atoms with van der Waals surface area (Å²) < 4.78 is 6.03. The van der Waals surface area contributed by atoms with Gasteiger partial charge in [0.25, 0.3) is 0 Å². The summed E-state index contributed by atoms with van der Waals surface area (Å²) in [7, 11) is 1.97. The zero-order valence-corrected chi connectivity index (χ0v) is 22.8. The number of hydrazine groups is 1. The van der Waals surface area contributed by atoms with Gasteiger partial charge in [0.1, 0.15) is 18.0 Å². The summed E-state index contributed by atoms with van der Waals surface area (Å²) in [6.45, 7) is 5.86. The third-order valence-corrected chi connectivity index (χ3v) is 7.32. The molecule has 5 heterocycles. The molecule has 0 spiro atoms. The van der Waals surface area contributed by atoms with Gasteiger partial charge in [-0.2, -0.15) is 0 Å². The summed E-state index contributed by atoms with van der Waals surface area (Å²) in [5.41, 5.74) is 8.77. The third-order valence-electron chi connectivity index (χ3n) is 7.32. The summed E-state index contributed by atoms with van der Waals surface area (Å²) in [6, 6.07) is 9.60. The molecule has 2 aliphatic rings. The Labute approximate surface area is 232 Å². The standard InChI is InChI=1S/C29H33N9O2/c1-18-14-32-29(34-25-13-19(2)37(3)36-25)35-27(18)23-15-31-28-22(23)5-4-6-24(28)33-26(39)17-38-12-9-21(16-38)40-20-7-10-30-11-8-20/h4-8,10-11,13-15,21,25,31,36H,9,12,16-17H2,1-3H3,(H,33,39)(H,32,34,35). The van der Waals surface area contributed by atoms with Crippen molar-refractivity contribution >= 4 is 28.4 Å². The maximum absolute atomic E-state index is 13.0. The molecule has 1 aromatic carbocycles. The molecule has 11 heteroatoms. The van der Waals surface area contributed by atoms with Gasteiger partial charge in [0, 0.05) is 61.6 Å². The Morgan fingerprint density at radius 3 is 2.85 bits per heavy atom. The molecule has 6 rings (SSSR count). The fraction of sp³-hybridized carbons (Fsp3) is 0.310. The van der Waals surface area contributed by atoms with Gasteiger partial charge in [-0.1, -0.05) is 12.1 Å². The number of carbonyl (C=O) groups is 1. The highest BCUT2D eigenvalue weighted by Gasteiger charge is 2.26. The number of nitrogens with one attached hydrogen (secondary N) is 4. The van der Waals surface area contributed by atoms with E-state index in [0.717, 1.165) is 57.8 Å². The number of benzene rings is 1. The smallest absolute Gasteiger partial charge is 0.238 e. The van der Waals surface area contributed by atoms with Gasteiger partial charge in [0.2, 0.25) is 11.9 Å². The molecule has 4 N–H and O–H groups in total. The van der Waals surface area contributed by atoms with Crippen LogP contribution in [0.5, 0.6) is 5.75 Å². The van der Waals surface area contributed by atoms with Crippen molar-refractivity contribution in [2.24, 2.45) is 0 Å². The number of hydrogen-bond acceptors (Lipinski definition) is 9. The molecule has 2 aliphatic heterocycles. The van der Waals surface area contributed by atoms with Crippen LogP contribution in [0.25, 0.3) is 22.2 Å². The lowest BCUT2D eigenvalue weighted by Crippen LogP contribution is -2.38. The van der Waals surface area contributed by atoms with Crippen LogP contribution in [0.4, 0.5) is 11.6 Å². The lowest BCUT2D eigenvalue weighted by Gasteiger charge is -2.18. The summed E-state index contributed by atoms with van der Waals surface area (Å²) in [4.78, 5) is 31.8. The summed E-state index contributed by atoms with van der Waals surface area (Å²) >= 11 is 0. The number of pyridine rings is 1. The monoisotopic (exact) mass is 539 g/mol. The van der Waals surface area contributed by atoms with Gasteiger partial charge in [-0.15, -0.1) is 0 Å². The Kier molecular flexibility index (Phi) is 7.06. The number of likely N-dealkylation sites (tertiary alicyclic amines) is 1. The summed E-state index contributed by atoms with van der Waals surface area (Å²) in [6.07, 6.45) is 10.1. The van der Waals surface area contributed by atoms with E-state index in [1.807, 2.05) is 68.6 Å². The predicted molar refractivity (Wildman–Crippen MR) is 154 cm³/mol. The number of aromatic nitrogens is 4. The molecule has 11 nitrogen and oxygen atoms in total. The number of rotatable bonds is 8. The fourth-order valence-corrected chi connectivity index (χ4v) is 5.19. The first kappa shape index (κ1) is 25.8. The molecular formula is C29H33N9O2. The highest BCUT2D eigenvalue weighted by Crippen LogP contribution is 2.33. The van der Waals surface area contributed by atoms with Crippen molar-refractivity contribution in [1.29, 1.82) is 0 Å². The molecule has 0 radical (unpaired) electrons. The number of anilines is 2. The average Bonchev–Trinajstić information content (AvgIpc) is 3.65. The van der Waals surface area contributed by atoms with Gasteiger partial charge >= 0.3 is 0 Å². The van der Waals surface area contributed by atoms with Crippen molar-refractivity contribution in [3.63, 3.8) is 0 Å². The van der Waals surface area contributed by atoms with Gasteiger partial charge in [0.05, 0.1) is 23.4 Å². The lowest BCUT2D eigenvalue weighted by atomic mass is 10.1. The van der Waals surface area contributed by atoms with Crippen molar-refractivity contribution in [2.45, 2.75) is 32.5 Å². The highest BCUT2D eigenvalue weighted by molar-refractivity contribution is 6.06. The van der Waals surface area contributed by atoms with Crippen molar-refractivity contribution < 1.29 is 9.53 Å². The van der Waals surface area contributed by atoms with Gasteiger partial charge in [-0.25, -0.2) is 15.4 Å². The Morgan fingerprint density at radius 2 is 2.05 bits per heavy atom. The number of H-pyrrole nitrogens is 1. The minimum absolute atomic E-state index is 0.0599. The van der Waals surface area contributed by atoms with E-state index in [1.54, 1.807) is 12.4 Å². The number of hydrogen-bond donors (Lipinski definition) is 4. The number of aryl methyl sites for hydroxylation is 1. The summed E-state index contributed by atoms with van der Waals surface area (Å²) in [5, 5.41) is 9.37. The molecule has 1 fully saturated rings. The fourth-order valence-electron chi connectivity index (χ4n) is 5.19. The van der Waals surface area contributed by atoms with E-state index in [2.05, 4.69) is 42.0 Å². The van der Waals surface area contributed by atoms with E-state index in [4.69, 9.17) is 9.72 Å². The van der Waals surface area contributed by atoms with Crippen LogP contribution in [0.3, 0.4) is 0 Å². The minimum atomic E-state index is -0.0848. The van der Waals surface area contributed by atoms with Gasteiger partial charge < -0.3 is 25.4 Å². The Bertz CT molecular complexity index is 1550. The van der Waals surface area contributed by atoms with Crippen molar-refractivity contribution in [3.8, 4) is 17.0 Å². The van der Waals surface area contributed by atoms with E-state index >= 15 is 0 Å². The predicted octanol–water partition coefficient (Wildman–Crippen LogP) is 3.51. The number of amides is 1. The zero-order chi connectivity index (χ0) is 27.6. The van der Waals surface area contributed by atoms with Crippen LogP contribution in [0.2, 0.25) is 0 Å². The Morgan fingerprint density at radius 1 is 1.20 bits per heavy atom. The van der Waals surface area contributed by atoms with Crippen LogP contribution in [0.1, 0.15) is 18.9 Å². The van der Waals surface area contributed by atoms with Crippen LogP contribution < -0.4 is 20.8 Å². The number of allylic oxidation sites excluding steroid dienone is 1. The summed E-state index contributed by atoms with van der Waals surface area (Å²) in [5.74, 6) is 1.28. The average molecular weight is 540 g/mol. The molecule has 1 amide bonds. The highest BCUT2D eigenvalue weighted by atomic mass is 16.5. The third kappa shape index (κ3) is 5.47. The number of aromatic amines is 1. The van der Waals surface area contributed by atoms with E-state index in [0.29, 0.717) is 19.0 Å². The number of para-hydroxylation sites is 1. The minimum Gasteiger partial charge on any atom is -0.489 e. The van der Waals surface area contributed by atoms with Crippen LogP contribution in [-0.2, 0) is 4.79 Å². The second-order valence-electron chi connectivity index (χ2n) is 10.3. The largest absolute Gasteiger partial charge is 0.489 e. The number of nitrogens with zero attached hydrogens (tertiary/aromatic N) is 5. The van der Waals surface area contributed by atoms with Crippen LogP contribution in [0.15, 0.2) is 66.9 Å². The molecule has 1 saturated heterocycles. The Hall–Kier alpha value is -4.48. The number of fused-ring (bicyclic) bond motifs is 1. The Balaban J connectivity index is 1.14. The molecule has 0 bridgehead atoms. The lowest BCUT2D eigenvalue weighted by molar-refractivity contribution is -0.117. The van der Waals surface area contributed by atoms with Crippen LogP contribution >= 0.6 is 0 Å². The molecule has 2 unspecified atom stereocenters. The normalized spacial score (nSPS) is 19.2. The zero-order valence-electron chi connectivity index (χ0n) is 22.8. The van der Waals surface area contributed by atoms with Crippen molar-refractivity contribution in [2.75, 3.05) is 37.3 Å². The van der Waals surface area contributed by atoms with Crippen LogP contribution in [0, 0.1) is 6.92 Å². The molecule has 0 saturated carbocycles. The quantitative estimate of drug-likeness (QED) is 0.266. The molecule has 2 atom stereocenters. The number of ether oxygens (including phenoxy) is 1. The molecular weight excluding hydrogens is 506 g/mol. The van der Waals surface area contributed by atoms with Gasteiger partial charge in [0.15, 0.2) is 0 Å². The first-order valence-electron chi connectivity index (χ1n) is 13.4. The van der Waals surface area contributed by atoms with E-state index in [1.165, 1.54) is 0 Å². The van der Waals surface area contributed by atoms with Gasteiger partial charge in [-0.05, 0) is 50.1 Å². The molecule has 4 aromatic rings. The second kappa shape index (κ2) is 10.9. The topological polar surface area (TPSA) is 123 Å². The van der Waals surface area contributed by atoms with E-state index in [9.17, 15) is 4.79 Å². The maximum atomic E-state index is 13.0. The molecule has 0 aliphatic carbocycles. The van der Waals surface area contributed by atoms with Crippen molar-refractivity contribution in [3.05, 3.63) is 72.5 Å². The van der Waals surface area contributed by atoms with Crippen LogP contribution in [-0.4, -0.2) is 74.7 Å². The first-order chi connectivity index (χ1) is 19.4. The second-order valence-corrected chi connectivity index (χ2v) is 10.3.